The van der Waals surface area contributed by atoms with Crippen LogP contribution in [-0.4, -0.2) is 23.1 Å². The smallest absolute Gasteiger partial charge is 0.161 e. The van der Waals surface area contributed by atoms with Gasteiger partial charge in [-0.2, -0.15) is 0 Å². The average Bonchev–Trinajstić information content (AvgIpc) is 2.65. The Morgan fingerprint density at radius 1 is 1.08 bits per heavy atom. The number of anilines is 4. The summed E-state index contributed by atoms with van der Waals surface area (Å²) in [6.07, 6.45) is 2.65. The maximum Gasteiger partial charge on any atom is 0.161 e. The molecule has 0 unspecified atom stereocenters. The van der Waals surface area contributed by atoms with E-state index in [0.717, 1.165) is 31.0 Å². The van der Waals surface area contributed by atoms with E-state index in [0.29, 0.717) is 17.4 Å². The predicted octanol–water partition coefficient (Wildman–Crippen LogP) is 4.83. The van der Waals surface area contributed by atoms with E-state index in [9.17, 15) is 0 Å². The number of hydrogen-bond donors (Lipinski definition) is 2. The van der Waals surface area contributed by atoms with Crippen molar-refractivity contribution in [1.29, 1.82) is 0 Å². The van der Waals surface area contributed by atoms with Crippen LogP contribution in [0.25, 0.3) is 10.8 Å². The summed E-state index contributed by atoms with van der Waals surface area (Å²) in [7, 11) is 0. The minimum Gasteiger partial charge on any atom is -0.393 e. The van der Waals surface area contributed by atoms with E-state index < -0.39 is 0 Å². The van der Waals surface area contributed by atoms with E-state index in [1.807, 2.05) is 0 Å². The molecule has 5 heteroatoms. The number of hydrogen-bond acceptors (Lipinski definition) is 5. The number of rotatable bonds is 7. The van der Waals surface area contributed by atoms with Crippen LogP contribution in [0.4, 0.5) is 23.0 Å². The molecule has 0 aliphatic heterocycles. The highest BCUT2D eigenvalue weighted by Crippen LogP contribution is 2.35. The molecule has 0 aliphatic rings. The first-order valence-electron chi connectivity index (χ1n) is 9.21. The summed E-state index contributed by atoms with van der Waals surface area (Å²) in [5.41, 5.74) is 8.12. The maximum absolute atomic E-state index is 6.43. The van der Waals surface area contributed by atoms with Crippen molar-refractivity contribution in [2.75, 3.05) is 29.0 Å². The lowest BCUT2D eigenvalue weighted by atomic mass is 10.1. The monoisotopic (exact) mass is 349 g/mol. The number of fused-ring (bicyclic) bond motifs is 1. The highest BCUT2D eigenvalue weighted by molar-refractivity contribution is 5.97. The molecular formula is C21H27N5. The van der Waals surface area contributed by atoms with E-state index in [1.165, 1.54) is 10.8 Å². The summed E-state index contributed by atoms with van der Waals surface area (Å²) in [5.74, 6) is 2.08. The van der Waals surface area contributed by atoms with Crippen molar-refractivity contribution in [3.05, 3.63) is 48.8 Å². The van der Waals surface area contributed by atoms with Gasteiger partial charge in [0.05, 0.1) is 5.69 Å². The van der Waals surface area contributed by atoms with Gasteiger partial charge in [0.2, 0.25) is 0 Å². The van der Waals surface area contributed by atoms with Crippen LogP contribution in [-0.2, 0) is 0 Å². The third-order valence-corrected chi connectivity index (χ3v) is 4.51. The van der Waals surface area contributed by atoms with Gasteiger partial charge in [0, 0.05) is 18.5 Å². The molecule has 2 aromatic carbocycles. The van der Waals surface area contributed by atoms with E-state index in [2.05, 4.69) is 83.4 Å². The van der Waals surface area contributed by atoms with Crippen molar-refractivity contribution in [2.24, 2.45) is 5.92 Å². The quantitative estimate of drug-likeness (QED) is 0.639. The summed E-state index contributed by atoms with van der Waals surface area (Å²) in [5, 5.41) is 5.73. The predicted molar refractivity (Wildman–Crippen MR) is 111 cm³/mol. The number of nitrogen functional groups attached to an aromatic ring is 1. The molecule has 26 heavy (non-hydrogen) atoms. The summed E-state index contributed by atoms with van der Waals surface area (Å²) < 4.78 is 0. The molecule has 1 heterocycles. The Kier molecular flexibility index (Phi) is 5.56. The molecule has 136 valence electrons. The fourth-order valence-corrected chi connectivity index (χ4v) is 3.10. The zero-order valence-electron chi connectivity index (χ0n) is 15.7. The van der Waals surface area contributed by atoms with Gasteiger partial charge in [0.15, 0.2) is 11.6 Å². The van der Waals surface area contributed by atoms with Crippen molar-refractivity contribution in [3.8, 4) is 0 Å². The Morgan fingerprint density at radius 3 is 2.62 bits per heavy atom. The molecule has 0 saturated carbocycles. The second kappa shape index (κ2) is 8.04. The first kappa shape index (κ1) is 18.0. The van der Waals surface area contributed by atoms with Crippen LogP contribution in [0.3, 0.4) is 0 Å². The molecule has 3 N–H and O–H groups in total. The van der Waals surface area contributed by atoms with Crippen LogP contribution in [0.5, 0.6) is 0 Å². The highest BCUT2D eigenvalue weighted by Gasteiger charge is 2.17. The minimum absolute atomic E-state index is 0.589. The third-order valence-electron chi connectivity index (χ3n) is 4.51. The molecular weight excluding hydrogens is 322 g/mol. The Morgan fingerprint density at radius 2 is 1.85 bits per heavy atom. The standard InChI is InChI=1S/C21H27N5/c1-4-26(18-11-7-9-16-8-5-6-10-17(16)18)21-19(22)20(24-14-25-21)23-13-12-15(2)3/h5-11,14-15H,4,12-13,22H2,1-3H3,(H,23,24,25). The van der Waals surface area contributed by atoms with Crippen LogP contribution in [0.2, 0.25) is 0 Å². The fraction of sp³-hybridized carbons (Fsp3) is 0.333. The van der Waals surface area contributed by atoms with Crippen LogP contribution in [0.15, 0.2) is 48.8 Å². The van der Waals surface area contributed by atoms with Crippen molar-refractivity contribution in [1.82, 2.24) is 9.97 Å². The minimum atomic E-state index is 0.589. The summed E-state index contributed by atoms with van der Waals surface area (Å²) in [6, 6.07) is 14.7. The van der Waals surface area contributed by atoms with E-state index in [-0.39, 0.29) is 0 Å². The lowest BCUT2D eigenvalue weighted by Gasteiger charge is -2.25. The molecule has 0 bridgehead atoms. The third kappa shape index (κ3) is 3.72. The van der Waals surface area contributed by atoms with Gasteiger partial charge in [0.25, 0.3) is 0 Å². The second-order valence-electron chi connectivity index (χ2n) is 6.81. The zero-order valence-corrected chi connectivity index (χ0v) is 15.7. The summed E-state index contributed by atoms with van der Waals surface area (Å²) in [4.78, 5) is 11.0. The normalized spacial score (nSPS) is 11.1. The van der Waals surface area contributed by atoms with Crippen LogP contribution >= 0.6 is 0 Å². The maximum atomic E-state index is 6.43. The lowest BCUT2D eigenvalue weighted by molar-refractivity contribution is 0.606. The molecule has 0 saturated heterocycles. The summed E-state index contributed by atoms with van der Waals surface area (Å²) >= 11 is 0. The van der Waals surface area contributed by atoms with Gasteiger partial charge in [-0.05, 0) is 30.7 Å². The lowest BCUT2D eigenvalue weighted by Crippen LogP contribution is -2.20. The topological polar surface area (TPSA) is 67.1 Å². The van der Waals surface area contributed by atoms with Crippen LogP contribution in [0.1, 0.15) is 27.2 Å². The molecule has 0 radical (unpaired) electrons. The molecule has 0 atom stereocenters. The Hall–Kier alpha value is -2.82. The number of nitrogens with zero attached hydrogens (tertiary/aromatic N) is 3. The second-order valence-corrected chi connectivity index (χ2v) is 6.81. The largest absolute Gasteiger partial charge is 0.393 e. The van der Waals surface area contributed by atoms with Gasteiger partial charge >= 0.3 is 0 Å². The van der Waals surface area contributed by atoms with Gasteiger partial charge in [-0.15, -0.1) is 0 Å². The van der Waals surface area contributed by atoms with Crippen molar-refractivity contribution in [2.45, 2.75) is 27.2 Å². The van der Waals surface area contributed by atoms with E-state index in [1.54, 1.807) is 6.33 Å². The first-order chi connectivity index (χ1) is 12.6. The van der Waals surface area contributed by atoms with E-state index >= 15 is 0 Å². The van der Waals surface area contributed by atoms with Gasteiger partial charge in [-0.1, -0.05) is 50.2 Å². The summed E-state index contributed by atoms with van der Waals surface area (Å²) in [6.45, 7) is 8.13. The average molecular weight is 349 g/mol. The molecule has 5 nitrogen and oxygen atoms in total. The molecule has 0 amide bonds. The zero-order chi connectivity index (χ0) is 18.5. The van der Waals surface area contributed by atoms with Gasteiger partial charge in [0.1, 0.15) is 12.0 Å². The molecule has 1 aromatic heterocycles. The van der Waals surface area contributed by atoms with E-state index in [4.69, 9.17) is 5.73 Å². The number of aromatic nitrogens is 2. The van der Waals surface area contributed by atoms with Crippen LogP contribution < -0.4 is 16.0 Å². The highest BCUT2D eigenvalue weighted by atomic mass is 15.2. The molecule has 0 aliphatic carbocycles. The Bertz CT molecular complexity index is 870. The molecule has 0 fully saturated rings. The SMILES string of the molecule is CCN(c1ncnc(NCCC(C)C)c1N)c1cccc2ccccc12. The number of benzene rings is 2. The fourth-order valence-electron chi connectivity index (χ4n) is 3.10. The van der Waals surface area contributed by atoms with Gasteiger partial charge < -0.3 is 16.0 Å². The van der Waals surface area contributed by atoms with Crippen molar-refractivity contribution >= 4 is 33.8 Å². The van der Waals surface area contributed by atoms with Gasteiger partial charge in [-0.3, -0.25) is 0 Å². The molecule has 3 aromatic rings. The Labute approximate surface area is 155 Å². The van der Waals surface area contributed by atoms with Crippen molar-refractivity contribution in [3.63, 3.8) is 0 Å². The Balaban J connectivity index is 1.98. The molecule has 0 spiro atoms. The number of nitrogens with two attached hydrogens (primary N) is 1. The first-order valence-corrected chi connectivity index (χ1v) is 9.21. The molecule has 3 rings (SSSR count). The van der Waals surface area contributed by atoms with Crippen molar-refractivity contribution < 1.29 is 0 Å². The van der Waals surface area contributed by atoms with Gasteiger partial charge in [-0.25, -0.2) is 9.97 Å². The van der Waals surface area contributed by atoms with Crippen LogP contribution in [0, 0.1) is 5.92 Å². The number of nitrogens with one attached hydrogen (secondary N) is 1.